The summed E-state index contributed by atoms with van der Waals surface area (Å²) < 4.78 is 19.5. The topological polar surface area (TPSA) is 64.3 Å². The third-order valence-electron chi connectivity index (χ3n) is 3.06. The first-order chi connectivity index (χ1) is 8.03. The van der Waals surface area contributed by atoms with Crippen LogP contribution in [0.2, 0.25) is 0 Å². The molecular formula is C11H17FN4O. The van der Waals surface area contributed by atoms with Crippen LogP contribution in [0.4, 0.5) is 16.2 Å². The summed E-state index contributed by atoms with van der Waals surface area (Å²) in [6, 6.07) is 1.61. The van der Waals surface area contributed by atoms with Gasteiger partial charge in [-0.2, -0.15) is 4.98 Å². The number of nitrogen functional groups attached to an aromatic ring is 1. The Morgan fingerprint density at radius 1 is 1.65 bits per heavy atom. The summed E-state index contributed by atoms with van der Waals surface area (Å²) in [6.45, 7) is 2.43. The molecule has 0 aromatic carbocycles. The molecule has 1 aromatic rings. The van der Waals surface area contributed by atoms with Crippen molar-refractivity contribution < 1.29 is 9.13 Å². The molecule has 0 spiro atoms. The zero-order valence-corrected chi connectivity index (χ0v) is 10.1. The molecular weight excluding hydrogens is 223 g/mol. The number of nitrogens with two attached hydrogens (primary N) is 1. The van der Waals surface area contributed by atoms with Gasteiger partial charge in [-0.3, -0.25) is 0 Å². The molecule has 2 heterocycles. The molecule has 94 valence electrons. The Bertz CT molecular complexity index is 399. The number of nitrogens with zero attached hydrogens (tertiary/aromatic N) is 3. The van der Waals surface area contributed by atoms with Crippen LogP contribution in [0.15, 0.2) is 12.3 Å². The van der Waals surface area contributed by atoms with Gasteiger partial charge in [-0.05, 0) is 19.4 Å². The standard InChI is InChI=1S/C11H17FN4O/c1-11(12)7-16(6-4-8(11)17-2)10-14-5-3-9(13)15-10/h3,5,8H,4,6-7H2,1-2H3,(H2,13,14,15)/t8-,11+/m1/s1. The minimum absolute atomic E-state index is 0.217. The molecule has 0 radical (unpaired) electrons. The van der Waals surface area contributed by atoms with Gasteiger partial charge in [0.05, 0.1) is 12.6 Å². The summed E-state index contributed by atoms with van der Waals surface area (Å²) in [7, 11) is 1.54. The second-order valence-corrected chi connectivity index (χ2v) is 4.49. The van der Waals surface area contributed by atoms with E-state index in [4.69, 9.17) is 10.5 Å². The van der Waals surface area contributed by atoms with E-state index in [1.54, 1.807) is 24.1 Å². The van der Waals surface area contributed by atoms with Crippen molar-refractivity contribution >= 4 is 11.8 Å². The van der Waals surface area contributed by atoms with Crippen LogP contribution in [-0.2, 0) is 4.74 Å². The summed E-state index contributed by atoms with van der Waals surface area (Å²) in [6.07, 6.45) is 1.82. The zero-order valence-electron chi connectivity index (χ0n) is 10.1. The summed E-state index contributed by atoms with van der Waals surface area (Å²) in [5.74, 6) is 0.868. The number of aromatic nitrogens is 2. The lowest BCUT2D eigenvalue weighted by molar-refractivity contribution is -0.0381. The molecule has 1 saturated heterocycles. The highest BCUT2D eigenvalue weighted by atomic mass is 19.1. The molecule has 2 N–H and O–H groups in total. The molecule has 0 unspecified atom stereocenters. The van der Waals surface area contributed by atoms with E-state index in [2.05, 4.69) is 9.97 Å². The molecule has 6 heteroatoms. The molecule has 0 saturated carbocycles. The van der Waals surface area contributed by atoms with E-state index in [0.717, 1.165) is 0 Å². The summed E-state index contributed by atoms with van der Waals surface area (Å²) >= 11 is 0. The monoisotopic (exact) mass is 240 g/mol. The van der Waals surface area contributed by atoms with Gasteiger partial charge in [-0.25, -0.2) is 9.37 Å². The molecule has 2 rings (SSSR count). The fourth-order valence-electron chi connectivity index (χ4n) is 2.18. The molecule has 5 nitrogen and oxygen atoms in total. The van der Waals surface area contributed by atoms with Crippen molar-refractivity contribution in [2.24, 2.45) is 0 Å². The molecule has 0 aliphatic carbocycles. The number of anilines is 2. The maximum atomic E-state index is 14.3. The maximum absolute atomic E-state index is 14.3. The van der Waals surface area contributed by atoms with Gasteiger partial charge in [0.25, 0.3) is 0 Å². The Morgan fingerprint density at radius 2 is 2.41 bits per heavy atom. The highest BCUT2D eigenvalue weighted by Gasteiger charge is 2.41. The Labute approximate surface area is 99.8 Å². The lowest BCUT2D eigenvalue weighted by Gasteiger charge is -2.40. The van der Waals surface area contributed by atoms with Crippen molar-refractivity contribution in [1.29, 1.82) is 0 Å². The minimum Gasteiger partial charge on any atom is -0.384 e. The van der Waals surface area contributed by atoms with Crippen LogP contribution in [-0.4, -0.2) is 41.9 Å². The van der Waals surface area contributed by atoms with Crippen LogP contribution in [0.25, 0.3) is 0 Å². The highest BCUT2D eigenvalue weighted by molar-refractivity contribution is 5.38. The second kappa shape index (κ2) is 4.44. The van der Waals surface area contributed by atoms with Gasteiger partial charge in [0.2, 0.25) is 5.95 Å². The van der Waals surface area contributed by atoms with E-state index in [1.165, 1.54) is 7.11 Å². The number of hydrogen-bond acceptors (Lipinski definition) is 5. The highest BCUT2D eigenvalue weighted by Crippen LogP contribution is 2.29. The summed E-state index contributed by atoms with van der Waals surface area (Å²) in [5.41, 5.74) is 4.19. The lowest BCUT2D eigenvalue weighted by Crippen LogP contribution is -2.53. The van der Waals surface area contributed by atoms with Gasteiger partial charge in [0.1, 0.15) is 5.82 Å². The molecule has 0 bridgehead atoms. The van der Waals surface area contributed by atoms with E-state index >= 15 is 0 Å². The van der Waals surface area contributed by atoms with E-state index in [1.807, 2.05) is 0 Å². The Morgan fingerprint density at radius 3 is 3.00 bits per heavy atom. The van der Waals surface area contributed by atoms with E-state index in [0.29, 0.717) is 24.7 Å². The van der Waals surface area contributed by atoms with E-state index in [-0.39, 0.29) is 12.6 Å². The first-order valence-electron chi connectivity index (χ1n) is 5.58. The molecule has 1 aliphatic rings. The Kier molecular flexibility index (Phi) is 3.15. The number of rotatable bonds is 2. The third-order valence-corrected chi connectivity index (χ3v) is 3.06. The first kappa shape index (κ1) is 12.0. The summed E-state index contributed by atoms with van der Waals surface area (Å²) in [5, 5.41) is 0. The number of ether oxygens (including phenoxy) is 1. The maximum Gasteiger partial charge on any atom is 0.227 e. The minimum atomic E-state index is -1.40. The Hall–Kier alpha value is -1.43. The molecule has 1 fully saturated rings. The van der Waals surface area contributed by atoms with E-state index < -0.39 is 5.67 Å². The SMILES string of the molecule is CO[C@@H]1CCN(c2nccc(N)n2)C[C@]1(C)F. The van der Waals surface area contributed by atoms with Crippen LogP contribution < -0.4 is 10.6 Å². The second-order valence-electron chi connectivity index (χ2n) is 4.49. The van der Waals surface area contributed by atoms with Gasteiger partial charge in [0.15, 0.2) is 5.67 Å². The van der Waals surface area contributed by atoms with Gasteiger partial charge in [-0.15, -0.1) is 0 Å². The van der Waals surface area contributed by atoms with Crippen molar-refractivity contribution in [2.75, 3.05) is 30.8 Å². The van der Waals surface area contributed by atoms with Crippen molar-refractivity contribution in [3.05, 3.63) is 12.3 Å². The average molecular weight is 240 g/mol. The van der Waals surface area contributed by atoms with Crippen LogP contribution in [0.1, 0.15) is 13.3 Å². The molecule has 2 atom stereocenters. The first-order valence-corrected chi connectivity index (χ1v) is 5.58. The van der Waals surface area contributed by atoms with Crippen LogP contribution >= 0.6 is 0 Å². The molecule has 0 amide bonds. The smallest absolute Gasteiger partial charge is 0.227 e. The normalized spacial score (nSPS) is 29.4. The quantitative estimate of drug-likeness (QED) is 0.836. The summed E-state index contributed by atoms with van der Waals surface area (Å²) in [4.78, 5) is 10.0. The van der Waals surface area contributed by atoms with E-state index in [9.17, 15) is 4.39 Å². The van der Waals surface area contributed by atoms with Crippen LogP contribution in [0, 0.1) is 0 Å². The predicted octanol–water partition coefficient (Wildman–Crippen LogP) is 1.01. The van der Waals surface area contributed by atoms with Gasteiger partial charge in [0, 0.05) is 19.9 Å². The predicted molar refractivity (Wildman–Crippen MR) is 63.6 cm³/mol. The van der Waals surface area contributed by atoms with Crippen molar-refractivity contribution in [1.82, 2.24) is 9.97 Å². The molecule has 1 aromatic heterocycles. The van der Waals surface area contributed by atoms with Crippen LogP contribution in [0.3, 0.4) is 0 Å². The number of halogens is 1. The fourth-order valence-corrected chi connectivity index (χ4v) is 2.18. The fraction of sp³-hybridized carbons (Fsp3) is 0.636. The Balaban J connectivity index is 2.15. The number of alkyl halides is 1. The molecule has 17 heavy (non-hydrogen) atoms. The lowest BCUT2D eigenvalue weighted by atomic mass is 9.93. The van der Waals surface area contributed by atoms with Gasteiger partial charge >= 0.3 is 0 Å². The number of piperidine rings is 1. The van der Waals surface area contributed by atoms with Crippen molar-refractivity contribution in [3.63, 3.8) is 0 Å². The van der Waals surface area contributed by atoms with Crippen LogP contribution in [0.5, 0.6) is 0 Å². The van der Waals surface area contributed by atoms with Gasteiger partial charge < -0.3 is 15.4 Å². The van der Waals surface area contributed by atoms with Crippen molar-refractivity contribution in [2.45, 2.75) is 25.1 Å². The number of methoxy groups -OCH3 is 1. The largest absolute Gasteiger partial charge is 0.384 e. The van der Waals surface area contributed by atoms with Gasteiger partial charge in [-0.1, -0.05) is 0 Å². The average Bonchev–Trinajstić information content (AvgIpc) is 2.27. The zero-order chi connectivity index (χ0) is 12.5. The molecule has 1 aliphatic heterocycles. The number of hydrogen-bond donors (Lipinski definition) is 1. The van der Waals surface area contributed by atoms with Crippen molar-refractivity contribution in [3.8, 4) is 0 Å². The third kappa shape index (κ3) is 2.46.